The molecule has 0 bridgehead atoms. The molecule has 5 nitrogen and oxygen atoms in total. The fraction of sp³-hybridized carbons (Fsp3) is 0.286. The Morgan fingerprint density at radius 3 is 2.34 bits per heavy atom. The zero-order valence-corrected chi connectivity index (χ0v) is 24.3. The topological polar surface area (TPSA) is 50.8 Å². The van der Waals surface area contributed by atoms with E-state index in [1.54, 1.807) is 0 Å². The van der Waals surface area contributed by atoms with Crippen LogP contribution in [0.25, 0.3) is 0 Å². The molecule has 0 saturated carbocycles. The molecule has 0 fully saturated rings. The molecule has 4 aromatic carbocycles. The Morgan fingerprint density at radius 2 is 1.56 bits per heavy atom. The Bertz CT molecular complexity index is 1580. The van der Waals surface area contributed by atoms with Crippen molar-refractivity contribution >= 4 is 28.9 Å². The number of halogens is 1. The van der Waals surface area contributed by atoms with Crippen molar-refractivity contribution in [2.75, 3.05) is 23.3 Å². The molecule has 0 unspecified atom stereocenters. The lowest BCUT2D eigenvalue weighted by atomic mass is 9.77. The molecule has 41 heavy (non-hydrogen) atoms. The lowest BCUT2D eigenvalue weighted by molar-refractivity contribution is 0.0224. The van der Waals surface area contributed by atoms with Crippen molar-refractivity contribution in [3.8, 4) is 11.5 Å². The number of ether oxygens (including phenoxy) is 2. The molecule has 1 spiro atoms. The van der Waals surface area contributed by atoms with Crippen molar-refractivity contribution in [2.24, 2.45) is 0 Å². The number of unbranched alkanes of at least 4 members (excludes halogenated alkanes) is 2. The molecule has 4 aromatic rings. The van der Waals surface area contributed by atoms with Crippen molar-refractivity contribution in [3.05, 3.63) is 118 Å². The summed E-state index contributed by atoms with van der Waals surface area (Å²) in [6.07, 6.45) is 4.53. The third kappa shape index (κ3) is 4.93. The Balaban J connectivity index is 1.44. The molecule has 1 N–H and O–H groups in total. The van der Waals surface area contributed by atoms with Gasteiger partial charge in [0, 0.05) is 58.8 Å². The number of esters is 1. The monoisotopic (exact) mass is 566 g/mol. The van der Waals surface area contributed by atoms with E-state index in [9.17, 15) is 4.79 Å². The number of carbonyl (C=O) groups is 1. The summed E-state index contributed by atoms with van der Waals surface area (Å²) in [5, 5.41) is 4.21. The first kappa shape index (κ1) is 27.2. The van der Waals surface area contributed by atoms with Gasteiger partial charge in [-0.15, -0.1) is 0 Å². The molecule has 0 amide bonds. The van der Waals surface area contributed by atoms with Crippen LogP contribution in [0.1, 0.15) is 72.1 Å². The van der Waals surface area contributed by atoms with E-state index in [-0.39, 0.29) is 5.97 Å². The maximum atomic E-state index is 13.3. The van der Waals surface area contributed by atoms with E-state index in [0.717, 1.165) is 72.4 Å². The standard InChI is InChI=1S/C35H35ClN2O3/c1-3-5-19-38(20-6-4-2)26-16-17-29-33(22-26)40-32-18-15-25(37-23-24-11-7-10-14-31(24)36)21-30(32)35(29)28-13-9-8-12-27(28)34(39)41-35/h7-18,21-22,37H,3-6,19-20,23H2,1-2H3/t35-/m1/s1. The summed E-state index contributed by atoms with van der Waals surface area (Å²) in [5.41, 5.74) is 4.96. The average molecular weight is 567 g/mol. The van der Waals surface area contributed by atoms with Crippen LogP contribution in [0.15, 0.2) is 84.9 Å². The predicted octanol–water partition coefficient (Wildman–Crippen LogP) is 8.93. The fourth-order valence-electron chi connectivity index (χ4n) is 5.87. The molecule has 2 heterocycles. The number of hydrogen-bond donors (Lipinski definition) is 1. The second-order valence-corrected chi connectivity index (χ2v) is 11.2. The van der Waals surface area contributed by atoms with Crippen LogP contribution in [-0.4, -0.2) is 19.1 Å². The van der Waals surface area contributed by atoms with Gasteiger partial charge in [-0.1, -0.05) is 74.7 Å². The Morgan fingerprint density at radius 1 is 0.805 bits per heavy atom. The summed E-state index contributed by atoms with van der Waals surface area (Å²) in [4.78, 5) is 15.7. The number of rotatable bonds is 10. The van der Waals surface area contributed by atoms with Crippen LogP contribution in [0, 0.1) is 0 Å². The second-order valence-electron chi connectivity index (χ2n) is 10.7. The first-order chi connectivity index (χ1) is 20.0. The van der Waals surface area contributed by atoms with Gasteiger partial charge in [-0.2, -0.15) is 0 Å². The van der Waals surface area contributed by atoms with Crippen molar-refractivity contribution in [2.45, 2.75) is 51.7 Å². The Kier molecular flexibility index (Phi) is 7.63. The van der Waals surface area contributed by atoms with Crippen LogP contribution in [0.5, 0.6) is 11.5 Å². The minimum Gasteiger partial charge on any atom is -0.456 e. The molecule has 2 aliphatic rings. The van der Waals surface area contributed by atoms with Gasteiger partial charge in [-0.05, 0) is 60.9 Å². The van der Waals surface area contributed by atoms with Gasteiger partial charge in [-0.25, -0.2) is 4.79 Å². The summed E-state index contributed by atoms with van der Waals surface area (Å²) in [5.74, 6) is 1.07. The minimum absolute atomic E-state index is 0.328. The van der Waals surface area contributed by atoms with Gasteiger partial charge in [0.2, 0.25) is 0 Å². The molecular weight excluding hydrogens is 532 g/mol. The number of nitrogens with one attached hydrogen (secondary N) is 1. The van der Waals surface area contributed by atoms with Gasteiger partial charge in [0.15, 0.2) is 5.60 Å². The van der Waals surface area contributed by atoms with Crippen molar-refractivity contribution in [1.82, 2.24) is 0 Å². The third-order valence-electron chi connectivity index (χ3n) is 8.06. The van der Waals surface area contributed by atoms with E-state index in [2.05, 4.69) is 42.3 Å². The normalized spacial score (nSPS) is 16.4. The number of carbonyl (C=O) groups excluding carboxylic acids is 1. The van der Waals surface area contributed by atoms with E-state index in [0.29, 0.717) is 28.6 Å². The summed E-state index contributed by atoms with van der Waals surface area (Å²) in [6.45, 7) is 6.99. The highest BCUT2D eigenvalue weighted by molar-refractivity contribution is 6.31. The van der Waals surface area contributed by atoms with Gasteiger partial charge in [0.25, 0.3) is 0 Å². The molecule has 6 rings (SSSR count). The predicted molar refractivity (Wildman–Crippen MR) is 166 cm³/mol. The third-order valence-corrected chi connectivity index (χ3v) is 8.43. The highest BCUT2D eigenvalue weighted by Gasteiger charge is 2.53. The van der Waals surface area contributed by atoms with Crippen LogP contribution in [0.3, 0.4) is 0 Å². The van der Waals surface area contributed by atoms with Gasteiger partial charge >= 0.3 is 5.97 Å². The number of nitrogens with zero attached hydrogens (tertiary/aromatic N) is 1. The summed E-state index contributed by atoms with van der Waals surface area (Å²) in [7, 11) is 0. The number of hydrogen-bond acceptors (Lipinski definition) is 5. The average Bonchev–Trinajstić information content (AvgIpc) is 3.29. The molecule has 0 aliphatic carbocycles. The summed E-state index contributed by atoms with van der Waals surface area (Å²) >= 11 is 6.40. The quantitative estimate of drug-likeness (QED) is 0.194. The van der Waals surface area contributed by atoms with Gasteiger partial charge in [0.1, 0.15) is 11.5 Å². The number of fused-ring (bicyclic) bond motifs is 6. The van der Waals surface area contributed by atoms with Crippen molar-refractivity contribution in [1.29, 1.82) is 0 Å². The van der Waals surface area contributed by atoms with Crippen LogP contribution >= 0.6 is 11.6 Å². The van der Waals surface area contributed by atoms with Crippen molar-refractivity contribution in [3.63, 3.8) is 0 Å². The largest absolute Gasteiger partial charge is 0.456 e. The zero-order chi connectivity index (χ0) is 28.4. The maximum absolute atomic E-state index is 13.3. The first-order valence-electron chi connectivity index (χ1n) is 14.6. The molecule has 2 aliphatic heterocycles. The SMILES string of the molecule is CCCCN(CCCC)c1ccc2c(c1)Oc1ccc(NCc3ccccc3Cl)cc1[C@]21OC(=O)c2ccccc21. The van der Waals surface area contributed by atoms with Crippen molar-refractivity contribution < 1.29 is 14.3 Å². The van der Waals surface area contributed by atoms with E-state index in [4.69, 9.17) is 21.1 Å². The van der Waals surface area contributed by atoms with Crippen LogP contribution < -0.4 is 15.0 Å². The maximum Gasteiger partial charge on any atom is 0.340 e. The molecular formula is C35H35ClN2O3. The summed E-state index contributed by atoms with van der Waals surface area (Å²) in [6, 6.07) is 27.8. The molecule has 6 heteroatoms. The minimum atomic E-state index is -1.10. The number of anilines is 2. The second kappa shape index (κ2) is 11.5. The molecule has 0 aromatic heterocycles. The van der Waals surface area contributed by atoms with Crippen LogP contribution in [0.2, 0.25) is 5.02 Å². The smallest absolute Gasteiger partial charge is 0.340 e. The zero-order valence-electron chi connectivity index (χ0n) is 23.6. The fourth-order valence-corrected chi connectivity index (χ4v) is 6.08. The van der Waals surface area contributed by atoms with Crippen LogP contribution in [-0.2, 0) is 16.9 Å². The van der Waals surface area contributed by atoms with E-state index in [1.807, 2.05) is 66.7 Å². The first-order valence-corrected chi connectivity index (χ1v) is 14.9. The lowest BCUT2D eigenvalue weighted by Crippen LogP contribution is -2.33. The lowest BCUT2D eigenvalue weighted by Gasteiger charge is -2.37. The Hall–Kier alpha value is -3.96. The number of benzene rings is 4. The highest BCUT2D eigenvalue weighted by atomic mass is 35.5. The van der Waals surface area contributed by atoms with E-state index >= 15 is 0 Å². The highest BCUT2D eigenvalue weighted by Crippen LogP contribution is 2.57. The summed E-state index contributed by atoms with van der Waals surface area (Å²) < 4.78 is 13.0. The van der Waals surface area contributed by atoms with Gasteiger partial charge < -0.3 is 19.7 Å². The van der Waals surface area contributed by atoms with E-state index in [1.165, 1.54) is 0 Å². The van der Waals surface area contributed by atoms with Crippen LogP contribution in [0.4, 0.5) is 11.4 Å². The Labute approximate surface area is 247 Å². The molecule has 1 atom stereocenters. The van der Waals surface area contributed by atoms with E-state index < -0.39 is 5.60 Å². The molecule has 210 valence electrons. The van der Waals surface area contributed by atoms with Gasteiger partial charge in [0.05, 0.1) is 5.56 Å². The molecule has 0 radical (unpaired) electrons. The van der Waals surface area contributed by atoms with Gasteiger partial charge in [-0.3, -0.25) is 0 Å². The molecule has 0 saturated heterocycles.